The second kappa shape index (κ2) is 5.16. The molecule has 0 saturated carbocycles. The van der Waals surface area contributed by atoms with Crippen molar-refractivity contribution in [1.82, 2.24) is 0 Å². The van der Waals surface area contributed by atoms with Gasteiger partial charge in [0.2, 0.25) is 10.0 Å². The van der Waals surface area contributed by atoms with Crippen molar-refractivity contribution in [2.24, 2.45) is 0 Å². The number of aryl methyl sites for hydroxylation is 1. The van der Waals surface area contributed by atoms with Gasteiger partial charge in [-0.2, -0.15) is 0 Å². The van der Waals surface area contributed by atoms with Crippen LogP contribution in [0.4, 0.5) is 5.69 Å². The zero-order valence-electron chi connectivity index (χ0n) is 10.2. The Labute approximate surface area is 107 Å². The number of phenolic OH excluding ortho intramolecular Hbond substituents is 1. The van der Waals surface area contributed by atoms with Gasteiger partial charge >= 0.3 is 0 Å². The molecule has 2 rings (SSSR count). The number of ether oxygens (including phenoxy) is 1. The Kier molecular flexibility index (Phi) is 3.77. The van der Waals surface area contributed by atoms with Crippen molar-refractivity contribution in [2.75, 3.05) is 17.1 Å². The van der Waals surface area contributed by atoms with E-state index in [4.69, 9.17) is 4.74 Å². The van der Waals surface area contributed by atoms with Gasteiger partial charge in [-0.1, -0.05) is 6.07 Å². The van der Waals surface area contributed by atoms with Crippen molar-refractivity contribution >= 4 is 15.7 Å². The molecule has 0 aromatic heterocycles. The minimum absolute atomic E-state index is 0.0640. The van der Waals surface area contributed by atoms with Crippen molar-refractivity contribution < 1.29 is 18.3 Å². The third-order valence-electron chi connectivity index (χ3n) is 2.85. The van der Waals surface area contributed by atoms with Crippen molar-refractivity contribution in [2.45, 2.75) is 25.9 Å². The highest BCUT2D eigenvalue weighted by Crippen LogP contribution is 2.25. The van der Waals surface area contributed by atoms with E-state index in [0.717, 1.165) is 18.4 Å². The summed E-state index contributed by atoms with van der Waals surface area (Å²) in [7, 11) is -3.49. The van der Waals surface area contributed by atoms with E-state index in [2.05, 4.69) is 4.72 Å². The quantitative estimate of drug-likeness (QED) is 0.816. The molecule has 1 aromatic rings. The van der Waals surface area contributed by atoms with Gasteiger partial charge in [0.15, 0.2) is 0 Å². The maximum absolute atomic E-state index is 11.9. The molecule has 1 aromatic carbocycles. The van der Waals surface area contributed by atoms with Crippen molar-refractivity contribution in [3.05, 3.63) is 23.8 Å². The number of aromatic hydroxyl groups is 1. The zero-order chi connectivity index (χ0) is 13.2. The predicted molar refractivity (Wildman–Crippen MR) is 69.2 cm³/mol. The number of hydrogen-bond donors (Lipinski definition) is 2. The summed E-state index contributed by atoms with van der Waals surface area (Å²) in [5.41, 5.74) is 1.08. The highest BCUT2D eigenvalue weighted by atomic mass is 32.2. The van der Waals surface area contributed by atoms with Crippen LogP contribution >= 0.6 is 0 Å². The first-order chi connectivity index (χ1) is 8.46. The topological polar surface area (TPSA) is 75.6 Å². The standard InChI is InChI=1S/C12H17NO4S/c1-9-4-5-11(12(14)7-9)13-18(15,16)8-10-3-2-6-17-10/h4-5,7,10,13-14H,2-3,6,8H2,1H3. The van der Waals surface area contributed by atoms with Gasteiger partial charge < -0.3 is 9.84 Å². The lowest BCUT2D eigenvalue weighted by Crippen LogP contribution is -2.25. The number of sulfonamides is 1. The molecular formula is C12H17NO4S. The summed E-state index contributed by atoms with van der Waals surface area (Å²) in [6, 6.07) is 4.81. The Hall–Kier alpha value is -1.27. The number of rotatable bonds is 4. The Balaban J connectivity index is 2.07. The smallest absolute Gasteiger partial charge is 0.235 e. The van der Waals surface area contributed by atoms with Crippen LogP contribution in [-0.4, -0.2) is 32.0 Å². The number of hydrogen-bond acceptors (Lipinski definition) is 4. The van der Waals surface area contributed by atoms with E-state index in [1.807, 2.05) is 6.92 Å². The fraction of sp³-hybridized carbons (Fsp3) is 0.500. The third kappa shape index (κ3) is 3.36. The normalized spacial score (nSPS) is 19.9. The van der Waals surface area contributed by atoms with E-state index in [9.17, 15) is 13.5 Å². The molecule has 2 N–H and O–H groups in total. The van der Waals surface area contributed by atoms with Crippen LogP contribution in [0.5, 0.6) is 5.75 Å². The molecule has 100 valence electrons. The van der Waals surface area contributed by atoms with E-state index in [1.54, 1.807) is 12.1 Å². The molecule has 5 nitrogen and oxygen atoms in total. The second-order valence-electron chi connectivity index (χ2n) is 4.54. The lowest BCUT2D eigenvalue weighted by molar-refractivity contribution is 0.127. The van der Waals surface area contributed by atoms with E-state index in [0.29, 0.717) is 6.61 Å². The zero-order valence-corrected chi connectivity index (χ0v) is 11.0. The van der Waals surface area contributed by atoms with Gasteiger partial charge in [-0.3, -0.25) is 4.72 Å². The molecular weight excluding hydrogens is 254 g/mol. The molecule has 0 spiro atoms. The van der Waals surface area contributed by atoms with E-state index in [-0.39, 0.29) is 23.3 Å². The third-order valence-corrected chi connectivity index (χ3v) is 4.19. The first-order valence-corrected chi connectivity index (χ1v) is 7.53. The first-order valence-electron chi connectivity index (χ1n) is 5.88. The fourth-order valence-electron chi connectivity index (χ4n) is 1.96. The maximum Gasteiger partial charge on any atom is 0.235 e. The van der Waals surface area contributed by atoms with Crippen LogP contribution in [-0.2, 0) is 14.8 Å². The highest BCUT2D eigenvalue weighted by Gasteiger charge is 2.23. The van der Waals surface area contributed by atoms with E-state index in [1.165, 1.54) is 6.07 Å². The van der Waals surface area contributed by atoms with Crippen LogP contribution in [0.1, 0.15) is 18.4 Å². The van der Waals surface area contributed by atoms with Gasteiger partial charge in [0.1, 0.15) is 5.75 Å². The molecule has 1 aliphatic rings. The van der Waals surface area contributed by atoms with Crippen LogP contribution in [0, 0.1) is 6.92 Å². The average Bonchev–Trinajstić information content (AvgIpc) is 2.74. The summed E-state index contributed by atoms with van der Waals surface area (Å²) in [6.45, 7) is 2.44. The fourth-order valence-corrected chi connectivity index (χ4v) is 3.30. The Bertz CT molecular complexity index is 521. The van der Waals surface area contributed by atoms with Crippen LogP contribution in [0.15, 0.2) is 18.2 Å². The molecule has 1 unspecified atom stereocenters. The molecule has 1 fully saturated rings. The highest BCUT2D eigenvalue weighted by molar-refractivity contribution is 7.92. The second-order valence-corrected chi connectivity index (χ2v) is 6.31. The SMILES string of the molecule is Cc1ccc(NS(=O)(=O)CC2CCCO2)c(O)c1. The van der Waals surface area contributed by atoms with Crippen molar-refractivity contribution in [3.8, 4) is 5.75 Å². The molecule has 1 heterocycles. The molecule has 18 heavy (non-hydrogen) atoms. The summed E-state index contributed by atoms with van der Waals surface area (Å²) in [6.07, 6.45) is 1.42. The number of benzene rings is 1. The van der Waals surface area contributed by atoms with E-state index >= 15 is 0 Å². The maximum atomic E-state index is 11.9. The molecule has 0 radical (unpaired) electrons. The van der Waals surface area contributed by atoms with Crippen LogP contribution in [0.3, 0.4) is 0 Å². The monoisotopic (exact) mass is 271 g/mol. The predicted octanol–water partition coefficient (Wildman–Crippen LogP) is 1.62. The van der Waals surface area contributed by atoms with Gasteiger partial charge in [-0.05, 0) is 37.5 Å². The van der Waals surface area contributed by atoms with Gasteiger partial charge in [-0.15, -0.1) is 0 Å². The lowest BCUT2D eigenvalue weighted by Gasteiger charge is -2.13. The summed E-state index contributed by atoms with van der Waals surface area (Å²) in [4.78, 5) is 0. The minimum Gasteiger partial charge on any atom is -0.506 e. The molecule has 6 heteroatoms. The molecule has 0 aliphatic carbocycles. The summed E-state index contributed by atoms with van der Waals surface area (Å²) in [5.74, 6) is -0.133. The number of nitrogens with one attached hydrogen (secondary N) is 1. The minimum atomic E-state index is -3.49. The van der Waals surface area contributed by atoms with Crippen LogP contribution < -0.4 is 4.72 Å². The molecule has 1 aliphatic heterocycles. The van der Waals surface area contributed by atoms with Gasteiger partial charge in [-0.25, -0.2) is 8.42 Å². The first kappa shape index (κ1) is 13.2. The summed E-state index contributed by atoms with van der Waals surface area (Å²) < 4.78 is 31.5. The Morgan fingerprint density at radius 2 is 2.28 bits per heavy atom. The van der Waals surface area contributed by atoms with Gasteiger partial charge in [0.05, 0.1) is 17.5 Å². The number of phenols is 1. The Morgan fingerprint density at radius 1 is 1.50 bits per heavy atom. The molecule has 0 bridgehead atoms. The van der Waals surface area contributed by atoms with Gasteiger partial charge in [0, 0.05) is 6.61 Å². The average molecular weight is 271 g/mol. The summed E-state index contributed by atoms with van der Waals surface area (Å²) in [5, 5.41) is 9.66. The van der Waals surface area contributed by atoms with Crippen molar-refractivity contribution in [3.63, 3.8) is 0 Å². The van der Waals surface area contributed by atoms with Crippen LogP contribution in [0.2, 0.25) is 0 Å². The molecule has 1 atom stereocenters. The summed E-state index contributed by atoms with van der Waals surface area (Å²) >= 11 is 0. The van der Waals surface area contributed by atoms with Gasteiger partial charge in [0.25, 0.3) is 0 Å². The Morgan fingerprint density at radius 3 is 2.89 bits per heavy atom. The number of anilines is 1. The molecule has 1 saturated heterocycles. The van der Waals surface area contributed by atoms with Crippen molar-refractivity contribution in [1.29, 1.82) is 0 Å². The largest absolute Gasteiger partial charge is 0.506 e. The lowest BCUT2D eigenvalue weighted by atomic mass is 10.2. The molecule has 0 amide bonds. The van der Waals surface area contributed by atoms with E-state index < -0.39 is 10.0 Å². The van der Waals surface area contributed by atoms with Crippen LogP contribution in [0.25, 0.3) is 0 Å².